The predicted octanol–water partition coefficient (Wildman–Crippen LogP) is 4.74. The van der Waals surface area contributed by atoms with Crippen LogP contribution in [0.25, 0.3) is 0 Å². The van der Waals surface area contributed by atoms with E-state index in [1.54, 1.807) is 29.2 Å². The number of nitriles is 1. The Hall–Kier alpha value is -3.97. The molecule has 10 nitrogen and oxygen atoms in total. The minimum atomic E-state index is -0.975. The Labute approximate surface area is 256 Å². The molecule has 6 rings (SSSR count). The summed E-state index contributed by atoms with van der Waals surface area (Å²) in [4.78, 5) is 41.3. The van der Waals surface area contributed by atoms with Gasteiger partial charge in [-0.05, 0) is 81.8 Å². The summed E-state index contributed by atoms with van der Waals surface area (Å²) >= 11 is 6.47. The highest BCUT2D eigenvalue weighted by atomic mass is 35.5. The lowest BCUT2D eigenvalue weighted by Gasteiger charge is -2.40. The van der Waals surface area contributed by atoms with E-state index in [1.807, 2.05) is 32.9 Å². The predicted molar refractivity (Wildman–Crippen MR) is 159 cm³/mol. The van der Waals surface area contributed by atoms with Gasteiger partial charge in [-0.1, -0.05) is 23.7 Å². The fraction of sp³-hybridized carbons (Fsp3) is 0.500. The van der Waals surface area contributed by atoms with E-state index < -0.39 is 29.0 Å². The van der Waals surface area contributed by atoms with Crippen molar-refractivity contribution in [1.29, 1.82) is 5.26 Å². The summed E-state index contributed by atoms with van der Waals surface area (Å²) in [5.41, 5.74) is 0.424. The molecule has 2 bridgehead atoms. The molecular formula is C32H37ClN4O6. The molecule has 2 N–H and O–H groups in total. The van der Waals surface area contributed by atoms with Crippen LogP contribution < -0.4 is 20.1 Å². The molecule has 3 amide bonds. The van der Waals surface area contributed by atoms with Gasteiger partial charge < -0.3 is 29.7 Å². The summed E-state index contributed by atoms with van der Waals surface area (Å²) in [6.07, 6.45) is 2.33. The quantitative estimate of drug-likeness (QED) is 0.515. The van der Waals surface area contributed by atoms with Crippen LogP contribution in [0.4, 0.5) is 4.79 Å². The van der Waals surface area contributed by atoms with E-state index in [4.69, 9.17) is 25.8 Å². The Balaban J connectivity index is 1.40. The number of nitrogens with one attached hydrogen (secondary N) is 2. The number of carbonyl (C=O) groups is 3. The van der Waals surface area contributed by atoms with Gasteiger partial charge in [-0.2, -0.15) is 5.26 Å². The molecule has 43 heavy (non-hydrogen) atoms. The number of nitrogens with zero attached hydrogens (tertiary/aromatic N) is 2. The minimum absolute atomic E-state index is 0.0215. The number of likely N-dealkylation sites (tertiary alicyclic amines) is 1. The number of fused-ring (bicyclic) bond motifs is 10. The van der Waals surface area contributed by atoms with E-state index >= 15 is 0 Å². The van der Waals surface area contributed by atoms with Gasteiger partial charge in [-0.3, -0.25) is 9.59 Å². The van der Waals surface area contributed by atoms with Crippen LogP contribution >= 0.6 is 11.6 Å². The molecule has 2 fully saturated rings. The lowest BCUT2D eigenvalue weighted by atomic mass is 9.90. The Morgan fingerprint density at radius 3 is 2.40 bits per heavy atom. The van der Waals surface area contributed by atoms with Crippen molar-refractivity contribution in [3.8, 4) is 17.6 Å². The maximum atomic E-state index is 13.8. The molecule has 11 heteroatoms. The van der Waals surface area contributed by atoms with E-state index in [9.17, 15) is 19.6 Å². The smallest absolute Gasteiger partial charge is 0.410 e. The van der Waals surface area contributed by atoms with Crippen LogP contribution in [0.15, 0.2) is 36.4 Å². The first-order chi connectivity index (χ1) is 20.4. The summed E-state index contributed by atoms with van der Waals surface area (Å²) in [5, 5.41) is 15.7. The first-order valence-corrected chi connectivity index (χ1v) is 15.0. The molecule has 2 aromatic carbocycles. The third kappa shape index (κ3) is 7.52. The Bertz CT molecular complexity index is 1440. The Morgan fingerprint density at radius 1 is 1.09 bits per heavy atom. The maximum Gasteiger partial charge on any atom is 0.410 e. The first kappa shape index (κ1) is 30.5. The second-order valence-electron chi connectivity index (χ2n) is 12.4. The van der Waals surface area contributed by atoms with Crippen molar-refractivity contribution in [2.24, 2.45) is 0 Å². The highest BCUT2D eigenvalue weighted by molar-refractivity contribution is 6.32. The number of amides is 3. The van der Waals surface area contributed by atoms with Gasteiger partial charge in [-0.15, -0.1) is 0 Å². The van der Waals surface area contributed by atoms with Gasteiger partial charge in [-0.25, -0.2) is 4.79 Å². The molecule has 1 saturated heterocycles. The number of halogens is 1. The van der Waals surface area contributed by atoms with Crippen molar-refractivity contribution in [2.45, 2.75) is 76.0 Å². The van der Waals surface area contributed by atoms with E-state index in [-0.39, 0.29) is 18.4 Å². The summed E-state index contributed by atoms with van der Waals surface area (Å²) < 4.78 is 17.4. The monoisotopic (exact) mass is 608 g/mol. The van der Waals surface area contributed by atoms with Crippen LogP contribution in [0.3, 0.4) is 0 Å². The zero-order valence-corrected chi connectivity index (χ0v) is 25.5. The van der Waals surface area contributed by atoms with Crippen LogP contribution in [0.5, 0.6) is 11.5 Å². The topological polar surface area (TPSA) is 130 Å². The highest BCUT2D eigenvalue weighted by Gasteiger charge is 2.46. The lowest BCUT2D eigenvalue weighted by Crippen LogP contribution is -2.51. The summed E-state index contributed by atoms with van der Waals surface area (Å²) in [5.74, 6) is 0.0480. The normalized spacial score (nSPS) is 20.3. The van der Waals surface area contributed by atoms with Crippen LogP contribution in [-0.4, -0.2) is 66.3 Å². The standard InChI is InChI=1S/C32H37ClN4O6/c1-31(2,3)43-30(40)37-17-22(18-37)21-7-9-26-23(16-21)28(38)35-25(29(39)36-32(19-34)10-11-32)15-20-6-8-27(24(33)14-20)42-13-5-4-12-41-26/h6-9,14,16,22,25H,4-5,10-13,15,17-18H2,1-3H3,(H,35,38)(H,36,39)/t25-/m0/s1. The summed E-state index contributed by atoms with van der Waals surface area (Å²) in [6.45, 7) is 7.22. The molecule has 0 radical (unpaired) electrons. The fourth-order valence-corrected chi connectivity index (χ4v) is 5.28. The third-order valence-electron chi connectivity index (χ3n) is 7.69. The number of ether oxygens (including phenoxy) is 3. The molecule has 1 saturated carbocycles. The Kier molecular flexibility index (Phi) is 8.74. The third-order valence-corrected chi connectivity index (χ3v) is 7.99. The molecule has 1 atom stereocenters. The van der Waals surface area contributed by atoms with Crippen molar-refractivity contribution in [2.75, 3.05) is 26.3 Å². The molecule has 3 aliphatic heterocycles. The van der Waals surface area contributed by atoms with E-state index in [0.29, 0.717) is 67.7 Å². The van der Waals surface area contributed by atoms with Crippen LogP contribution in [0, 0.1) is 11.3 Å². The van der Waals surface area contributed by atoms with Crippen LogP contribution in [-0.2, 0) is 16.0 Å². The van der Waals surface area contributed by atoms with Crippen molar-refractivity contribution in [3.63, 3.8) is 0 Å². The van der Waals surface area contributed by atoms with Gasteiger partial charge in [0.2, 0.25) is 5.91 Å². The largest absolute Gasteiger partial charge is 0.493 e. The number of benzene rings is 2. The summed E-state index contributed by atoms with van der Waals surface area (Å²) in [7, 11) is 0. The summed E-state index contributed by atoms with van der Waals surface area (Å²) in [6, 6.07) is 11.9. The van der Waals surface area contributed by atoms with Gasteiger partial charge in [0.15, 0.2) is 0 Å². The van der Waals surface area contributed by atoms with Gasteiger partial charge in [0.05, 0.1) is 29.9 Å². The van der Waals surface area contributed by atoms with Gasteiger partial charge in [0, 0.05) is 25.4 Å². The van der Waals surface area contributed by atoms with E-state index in [2.05, 4.69) is 16.7 Å². The van der Waals surface area contributed by atoms with E-state index in [1.165, 1.54) is 0 Å². The molecule has 0 unspecified atom stereocenters. The average molecular weight is 609 g/mol. The van der Waals surface area contributed by atoms with Crippen LogP contribution in [0.2, 0.25) is 5.02 Å². The van der Waals surface area contributed by atoms with E-state index in [0.717, 1.165) is 17.5 Å². The van der Waals surface area contributed by atoms with Crippen molar-refractivity contribution >= 4 is 29.5 Å². The zero-order valence-electron chi connectivity index (χ0n) is 24.7. The Morgan fingerprint density at radius 2 is 1.77 bits per heavy atom. The second-order valence-corrected chi connectivity index (χ2v) is 12.8. The first-order valence-electron chi connectivity index (χ1n) is 14.7. The molecule has 1 aliphatic carbocycles. The number of hydrogen-bond acceptors (Lipinski definition) is 7. The van der Waals surface area contributed by atoms with Crippen molar-refractivity contribution < 1.29 is 28.6 Å². The molecule has 4 aliphatic rings. The van der Waals surface area contributed by atoms with Gasteiger partial charge in [0.25, 0.3) is 5.91 Å². The number of carbonyl (C=O) groups excluding carboxylic acids is 3. The van der Waals surface area contributed by atoms with Gasteiger partial charge in [0.1, 0.15) is 28.7 Å². The zero-order chi connectivity index (χ0) is 30.8. The number of hydrogen-bond donors (Lipinski definition) is 2. The lowest BCUT2D eigenvalue weighted by molar-refractivity contribution is -0.123. The second kappa shape index (κ2) is 12.3. The van der Waals surface area contributed by atoms with Crippen molar-refractivity contribution in [3.05, 3.63) is 58.1 Å². The molecule has 2 aromatic rings. The maximum absolute atomic E-state index is 13.8. The average Bonchev–Trinajstić information content (AvgIpc) is 3.69. The minimum Gasteiger partial charge on any atom is -0.493 e. The van der Waals surface area contributed by atoms with Crippen LogP contribution in [0.1, 0.15) is 73.9 Å². The molecule has 228 valence electrons. The van der Waals surface area contributed by atoms with Gasteiger partial charge >= 0.3 is 6.09 Å². The highest BCUT2D eigenvalue weighted by Crippen LogP contribution is 2.35. The SMILES string of the molecule is CC(C)(C)OC(=O)N1CC(c2ccc3c(c2)C(=O)N[C@H](C(=O)NC2(C#N)CC2)Cc2ccc(c(Cl)c2)OCCCCO3)C1. The fourth-order valence-electron chi connectivity index (χ4n) is 5.02. The molecule has 3 heterocycles. The van der Waals surface area contributed by atoms with Crippen molar-refractivity contribution in [1.82, 2.24) is 15.5 Å². The number of rotatable bonds is 3. The molecule has 0 aromatic heterocycles. The molecular weight excluding hydrogens is 572 g/mol. The molecule has 0 spiro atoms.